The van der Waals surface area contributed by atoms with Crippen LogP contribution in [0.1, 0.15) is 50.4 Å². The number of carbonyl (C=O) groups is 1. The quantitative estimate of drug-likeness (QED) is 0.759. The lowest BCUT2D eigenvalue weighted by Gasteiger charge is -2.17. The minimum Gasteiger partial charge on any atom is -0.465 e. The lowest BCUT2D eigenvalue weighted by atomic mass is 10.0. The number of anilines is 1. The van der Waals surface area contributed by atoms with Crippen LogP contribution in [0.5, 0.6) is 0 Å². The second-order valence-electron chi connectivity index (χ2n) is 5.65. The fourth-order valence-corrected chi connectivity index (χ4v) is 2.10. The van der Waals surface area contributed by atoms with Crippen LogP contribution in [0.3, 0.4) is 0 Å². The summed E-state index contributed by atoms with van der Waals surface area (Å²) in [7, 11) is 1.13. The fourth-order valence-electron chi connectivity index (χ4n) is 2.10. The van der Waals surface area contributed by atoms with Gasteiger partial charge >= 0.3 is 5.97 Å². The van der Waals surface area contributed by atoms with Crippen LogP contribution in [0.15, 0.2) is 12.1 Å². The van der Waals surface area contributed by atoms with Crippen LogP contribution >= 0.6 is 0 Å². The molecule has 1 rings (SSSR count). The first-order chi connectivity index (χ1) is 9.86. The number of hydrogen-bond acceptors (Lipinski definition) is 3. The summed E-state index contributed by atoms with van der Waals surface area (Å²) in [5.41, 5.74) is -0.329. The molecule has 0 amide bonds. The SMILES string of the molecule is COC(=O)c1ccc(NC(C)CCCC(C)C)c(F)c1F. The van der Waals surface area contributed by atoms with Gasteiger partial charge in [0.1, 0.15) is 0 Å². The van der Waals surface area contributed by atoms with Gasteiger partial charge in [-0.05, 0) is 31.4 Å². The summed E-state index contributed by atoms with van der Waals surface area (Å²) < 4.78 is 32.1. The summed E-state index contributed by atoms with van der Waals surface area (Å²) in [4.78, 5) is 11.3. The van der Waals surface area contributed by atoms with Crippen molar-refractivity contribution >= 4 is 11.7 Å². The predicted octanol–water partition coefficient (Wildman–Crippen LogP) is 4.38. The highest BCUT2D eigenvalue weighted by molar-refractivity contribution is 5.90. The van der Waals surface area contributed by atoms with E-state index in [9.17, 15) is 13.6 Å². The Hall–Kier alpha value is -1.65. The summed E-state index contributed by atoms with van der Waals surface area (Å²) in [6, 6.07) is 2.62. The fraction of sp³-hybridized carbons (Fsp3) is 0.562. The Morgan fingerprint density at radius 3 is 2.43 bits per heavy atom. The van der Waals surface area contributed by atoms with E-state index in [2.05, 4.69) is 23.9 Å². The van der Waals surface area contributed by atoms with Crippen LogP contribution in [0.2, 0.25) is 0 Å². The molecule has 0 aliphatic heterocycles. The molecule has 0 aliphatic rings. The molecule has 0 saturated heterocycles. The number of esters is 1. The Bertz CT molecular complexity index is 489. The number of halogens is 2. The van der Waals surface area contributed by atoms with E-state index in [0.29, 0.717) is 5.92 Å². The highest BCUT2D eigenvalue weighted by atomic mass is 19.2. The number of rotatable bonds is 7. The summed E-state index contributed by atoms with van der Waals surface area (Å²) in [5.74, 6) is -2.48. The van der Waals surface area contributed by atoms with E-state index in [1.807, 2.05) is 6.92 Å². The maximum absolute atomic E-state index is 13.9. The third kappa shape index (κ3) is 4.99. The molecule has 0 fully saturated rings. The molecule has 0 aliphatic carbocycles. The highest BCUT2D eigenvalue weighted by Gasteiger charge is 2.19. The van der Waals surface area contributed by atoms with Crippen LogP contribution < -0.4 is 5.32 Å². The zero-order chi connectivity index (χ0) is 16.0. The molecular weight excluding hydrogens is 276 g/mol. The largest absolute Gasteiger partial charge is 0.465 e. The second-order valence-corrected chi connectivity index (χ2v) is 5.65. The first-order valence-electron chi connectivity index (χ1n) is 7.19. The van der Waals surface area contributed by atoms with Gasteiger partial charge in [0.2, 0.25) is 0 Å². The number of carbonyl (C=O) groups excluding carboxylic acids is 1. The van der Waals surface area contributed by atoms with Gasteiger partial charge in [0.15, 0.2) is 11.6 Å². The number of hydrogen-bond donors (Lipinski definition) is 1. The Labute approximate surface area is 124 Å². The standard InChI is InChI=1S/C16H23F2NO2/c1-10(2)6-5-7-11(3)19-13-9-8-12(16(20)21-4)14(17)15(13)18/h8-11,19H,5-7H2,1-4H3. The van der Waals surface area contributed by atoms with E-state index in [1.165, 1.54) is 12.1 Å². The minimum atomic E-state index is -1.18. The molecule has 0 bridgehead atoms. The van der Waals surface area contributed by atoms with Crippen molar-refractivity contribution in [2.75, 3.05) is 12.4 Å². The van der Waals surface area contributed by atoms with Gasteiger partial charge in [-0.1, -0.05) is 26.7 Å². The van der Waals surface area contributed by atoms with E-state index in [0.717, 1.165) is 26.4 Å². The van der Waals surface area contributed by atoms with Crippen molar-refractivity contribution in [1.82, 2.24) is 0 Å². The molecule has 5 heteroatoms. The van der Waals surface area contributed by atoms with Gasteiger partial charge in [0.05, 0.1) is 18.4 Å². The molecular formula is C16H23F2NO2. The summed E-state index contributed by atoms with van der Waals surface area (Å²) >= 11 is 0. The molecule has 21 heavy (non-hydrogen) atoms. The van der Waals surface area contributed by atoms with Crippen LogP contribution in [0.25, 0.3) is 0 Å². The maximum atomic E-state index is 13.9. The molecule has 1 N–H and O–H groups in total. The van der Waals surface area contributed by atoms with E-state index in [1.54, 1.807) is 0 Å². The van der Waals surface area contributed by atoms with Gasteiger partial charge in [-0.25, -0.2) is 13.6 Å². The lowest BCUT2D eigenvalue weighted by Crippen LogP contribution is -2.17. The van der Waals surface area contributed by atoms with E-state index in [4.69, 9.17) is 0 Å². The van der Waals surface area contributed by atoms with Crippen molar-refractivity contribution in [3.63, 3.8) is 0 Å². The van der Waals surface area contributed by atoms with Gasteiger partial charge in [0.25, 0.3) is 0 Å². The van der Waals surface area contributed by atoms with Gasteiger partial charge in [-0.3, -0.25) is 0 Å². The molecule has 118 valence electrons. The molecule has 0 aromatic heterocycles. The number of nitrogens with one attached hydrogen (secondary N) is 1. The van der Waals surface area contributed by atoms with Gasteiger partial charge in [-0.2, -0.15) is 0 Å². The molecule has 3 nitrogen and oxygen atoms in total. The Kier molecular flexibility index (Phi) is 6.59. The van der Waals surface area contributed by atoms with Crippen molar-refractivity contribution in [3.8, 4) is 0 Å². The van der Waals surface area contributed by atoms with Crippen molar-refractivity contribution in [1.29, 1.82) is 0 Å². The Morgan fingerprint density at radius 1 is 1.19 bits per heavy atom. The molecule has 0 radical (unpaired) electrons. The zero-order valence-electron chi connectivity index (χ0n) is 13.0. The molecule has 1 atom stereocenters. The molecule has 1 unspecified atom stereocenters. The van der Waals surface area contributed by atoms with E-state index < -0.39 is 23.2 Å². The Morgan fingerprint density at radius 2 is 1.86 bits per heavy atom. The van der Waals surface area contributed by atoms with E-state index >= 15 is 0 Å². The topological polar surface area (TPSA) is 38.3 Å². The van der Waals surface area contributed by atoms with Crippen LogP contribution in [-0.2, 0) is 4.74 Å². The average Bonchev–Trinajstić information content (AvgIpc) is 2.43. The van der Waals surface area contributed by atoms with Crippen molar-refractivity contribution in [3.05, 3.63) is 29.3 Å². The number of benzene rings is 1. The molecule has 1 aromatic rings. The third-order valence-electron chi connectivity index (χ3n) is 3.31. The Balaban J connectivity index is 2.72. The molecule has 0 saturated carbocycles. The van der Waals surface area contributed by atoms with Gasteiger partial charge < -0.3 is 10.1 Å². The maximum Gasteiger partial charge on any atom is 0.340 e. The van der Waals surface area contributed by atoms with Crippen LogP contribution in [0, 0.1) is 17.6 Å². The summed E-state index contributed by atoms with van der Waals surface area (Å²) in [6.07, 6.45) is 3.00. The first kappa shape index (κ1) is 17.4. The predicted molar refractivity (Wildman–Crippen MR) is 79.5 cm³/mol. The second kappa shape index (κ2) is 7.96. The van der Waals surface area contributed by atoms with Gasteiger partial charge in [-0.15, -0.1) is 0 Å². The lowest BCUT2D eigenvalue weighted by molar-refractivity contribution is 0.0594. The molecule has 0 spiro atoms. The first-order valence-corrected chi connectivity index (χ1v) is 7.19. The van der Waals surface area contributed by atoms with E-state index in [-0.39, 0.29) is 11.7 Å². The summed E-state index contributed by atoms with van der Waals surface area (Å²) in [6.45, 7) is 6.23. The van der Waals surface area contributed by atoms with Crippen LogP contribution in [-0.4, -0.2) is 19.1 Å². The average molecular weight is 299 g/mol. The van der Waals surface area contributed by atoms with Gasteiger partial charge in [0, 0.05) is 6.04 Å². The molecule has 1 aromatic carbocycles. The monoisotopic (exact) mass is 299 g/mol. The number of methoxy groups -OCH3 is 1. The smallest absolute Gasteiger partial charge is 0.340 e. The minimum absolute atomic E-state index is 0.0293. The van der Waals surface area contributed by atoms with Crippen molar-refractivity contribution < 1.29 is 18.3 Å². The number of ether oxygens (including phenoxy) is 1. The van der Waals surface area contributed by atoms with Crippen LogP contribution in [0.4, 0.5) is 14.5 Å². The normalized spacial score (nSPS) is 12.3. The van der Waals surface area contributed by atoms with Crippen molar-refractivity contribution in [2.45, 2.75) is 46.1 Å². The summed E-state index contributed by atoms with van der Waals surface area (Å²) in [5, 5.41) is 2.94. The highest BCUT2D eigenvalue weighted by Crippen LogP contribution is 2.23. The molecule has 0 heterocycles. The zero-order valence-corrected chi connectivity index (χ0v) is 13.0. The third-order valence-corrected chi connectivity index (χ3v) is 3.31. The van der Waals surface area contributed by atoms with Crippen molar-refractivity contribution in [2.24, 2.45) is 5.92 Å².